The van der Waals surface area contributed by atoms with Gasteiger partial charge in [0.05, 0.1) is 19.9 Å². The first-order chi connectivity index (χ1) is 11.5. The number of aryl methyl sites for hydroxylation is 2. The Bertz CT molecular complexity index is 678. The van der Waals surface area contributed by atoms with E-state index in [9.17, 15) is 4.79 Å². The quantitative estimate of drug-likeness (QED) is 0.812. The molecule has 0 saturated heterocycles. The SMILES string of the molecule is COc1ccc(CCNC(=O)NCc2c(C)noc2C)c(OC)c1. The van der Waals surface area contributed by atoms with Gasteiger partial charge in [0.1, 0.15) is 17.3 Å². The average molecular weight is 333 g/mol. The van der Waals surface area contributed by atoms with Gasteiger partial charge in [-0.25, -0.2) is 4.79 Å². The van der Waals surface area contributed by atoms with Crippen LogP contribution in [0, 0.1) is 13.8 Å². The van der Waals surface area contributed by atoms with Gasteiger partial charge in [0, 0.05) is 24.7 Å². The molecule has 0 atom stereocenters. The molecule has 0 bridgehead atoms. The van der Waals surface area contributed by atoms with Gasteiger partial charge in [-0.05, 0) is 31.9 Å². The van der Waals surface area contributed by atoms with Crippen molar-refractivity contribution in [3.8, 4) is 11.5 Å². The van der Waals surface area contributed by atoms with Crippen LogP contribution in [0.1, 0.15) is 22.6 Å². The monoisotopic (exact) mass is 333 g/mol. The second kappa shape index (κ2) is 8.24. The van der Waals surface area contributed by atoms with Gasteiger partial charge < -0.3 is 24.6 Å². The fourth-order valence-corrected chi connectivity index (χ4v) is 2.35. The summed E-state index contributed by atoms with van der Waals surface area (Å²) in [6.07, 6.45) is 0.659. The fraction of sp³-hybridized carbons (Fsp3) is 0.412. The average Bonchev–Trinajstić information content (AvgIpc) is 2.91. The molecule has 7 heteroatoms. The fourth-order valence-electron chi connectivity index (χ4n) is 2.35. The van der Waals surface area contributed by atoms with Crippen LogP contribution < -0.4 is 20.1 Å². The topological polar surface area (TPSA) is 85.6 Å². The zero-order valence-corrected chi connectivity index (χ0v) is 14.4. The van der Waals surface area contributed by atoms with Gasteiger partial charge in [0.25, 0.3) is 0 Å². The number of benzene rings is 1. The van der Waals surface area contributed by atoms with Crippen molar-refractivity contribution in [2.24, 2.45) is 0 Å². The molecule has 0 spiro atoms. The number of carbonyl (C=O) groups excluding carboxylic acids is 1. The maximum atomic E-state index is 11.9. The molecule has 0 aliphatic carbocycles. The van der Waals surface area contributed by atoms with Crippen molar-refractivity contribution < 1.29 is 18.8 Å². The Kier molecular flexibility index (Phi) is 6.06. The van der Waals surface area contributed by atoms with Crippen LogP contribution >= 0.6 is 0 Å². The van der Waals surface area contributed by atoms with E-state index in [1.165, 1.54) is 0 Å². The van der Waals surface area contributed by atoms with Crippen molar-refractivity contribution in [2.45, 2.75) is 26.8 Å². The Morgan fingerprint density at radius 3 is 2.62 bits per heavy atom. The molecule has 1 aromatic carbocycles. The molecule has 1 heterocycles. The molecule has 2 aromatic rings. The maximum Gasteiger partial charge on any atom is 0.315 e. The zero-order valence-electron chi connectivity index (χ0n) is 14.4. The summed E-state index contributed by atoms with van der Waals surface area (Å²) in [5.74, 6) is 2.20. The third-order valence-electron chi connectivity index (χ3n) is 3.78. The highest BCUT2D eigenvalue weighted by Crippen LogP contribution is 2.24. The van der Waals surface area contributed by atoms with Crippen LogP contribution in [-0.4, -0.2) is 32.0 Å². The first-order valence-corrected chi connectivity index (χ1v) is 7.69. The van der Waals surface area contributed by atoms with Crippen LogP contribution in [0.3, 0.4) is 0 Å². The first-order valence-electron chi connectivity index (χ1n) is 7.69. The summed E-state index contributed by atoms with van der Waals surface area (Å²) >= 11 is 0. The van der Waals surface area contributed by atoms with E-state index in [4.69, 9.17) is 14.0 Å². The van der Waals surface area contributed by atoms with Crippen molar-refractivity contribution in [2.75, 3.05) is 20.8 Å². The molecule has 0 radical (unpaired) electrons. The predicted molar refractivity (Wildman–Crippen MR) is 89.5 cm³/mol. The summed E-state index contributed by atoms with van der Waals surface area (Å²) in [6.45, 7) is 4.56. The molecule has 1 aromatic heterocycles. The van der Waals surface area contributed by atoms with E-state index in [2.05, 4.69) is 15.8 Å². The molecule has 24 heavy (non-hydrogen) atoms. The van der Waals surface area contributed by atoms with Gasteiger partial charge in [-0.3, -0.25) is 0 Å². The largest absolute Gasteiger partial charge is 0.497 e. The highest BCUT2D eigenvalue weighted by molar-refractivity contribution is 5.73. The van der Waals surface area contributed by atoms with E-state index < -0.39 is 0 Å². The lowest BCUT2D eigenvalue weighted by Gasteiger charge is -2.11. The van der Waals surface area contributed by atoms with Crippen LogP contribution in [0.5, 0.6) is 11.5 Å². The normalized spacial score (nSPS) is 10.3. The third-order valence-corrected chi connectivity index (χ3v) is 3.78. The number of urea groups is 1. The molecule has 0 aliphatic heterocycles. The van der Waals surface area contributed by atoms with Gasteiger partial charge in [-0.15, -0.1) is 0 Å². The van der Waals surface area contributed by atoms with Crippen molar-refractivity contribution in [3.05, 3.63) is 40.8 Å². The molecule has 0 unspecified atom stereocenters. The van der Waals surface area contributed by atoms with E-state index in [1.807, 2.05) is 32.0 Å². The first kappa shape index (κ1) is 17.7. The summed E-state index contributed by atoms with van der Waals surface area (Å²) in [7, 11) is 3.22. The number of hydrogen-bond acceptors (Lipinski definition) is 5. The lowest BCUT2D eigenvalue weighted by atomic mass is 10.1. The Morgan fingerprint density at radius 2 is 2.00 bits per heavy atom. The van der Waals surface area contributed by atoms with Crippen LogP contribution in [0.2, 0.25) is 0 Å². The second-order valence-electron chi connectivity index (χ2n) is 5.34. The van der Waals surface area contributed by atoms with E-state index in [0.29, 0.717) is 19.5 Å². The molecular weight excluding hydrogens is 310 g/mol. The Balaban J connectivity index is 1.80. The number of nitrogens with zero attached hydrogens (tertiary/aromatic N) is 1. The van der Waals surface area contributed by atoms with Crippen molar-refractivity contribution in [3.63, 3.8) is 0 Å². The van der Waals surface area contributed by atoms with Crippen molar-refractivity contribution >= 4 is 6.03 Å². The number of hydrogen-bond donors (Lipinski definition) is 2. The number of ether oxygens (including phenoxy) is 2. The number of nitrogens with one attached hydrogen (secondary N) is 2. The Hall–Kier alpha value is -2.70. The van der Waals surface area contributed by atoms with E-state index >= 15 is 0 Å². The molecule has 0 aliphatic rings. The van der Waals surface area contributed by atoms with Crippen LogP contribution in [0.25, 0.3) is 0 Å². The molecule has 0 saturated carbocycles. The van der Waals surface area contributed by atoms with Gasteiger partial charge in [0.2, 0.25) is 0 Å². The molecule has 2 rings (SSSR count). The smallest absolute Gasteiger partial charge is 0.315 e. The second-order valence-corrected chi connectivity index (χ2v) is 5.34. The number of methoxy groups -OCH3 is 2. The van der Waals surface area contributed by atoms with Gasteiger partial charge in [-0.1, -0.05) is 11.2 Å². The number of amides is 2. The molecule has 0 fully saturated rings. The summed E-state index contributed by atoms with van der Waals surface area (Å²) in [6, 6.07) is 5.39. The van der Waals surface area contributed by atoms with Gasteiger partial charge >= 0.3 is 6.03 Å². The molecule has 2 amide bonds. The molecule has 130 valence electrons. The van der Waals surface area contributed by atoms with Crippen molar-refractivity contribution in [1.29, 1.82) is 0 Å². The van der Waals surface area contributed by atoms with Crippen LogP contribution in [0.15, 0.2) is 22.7 Å². The van der Waals surface area contributed by atoms with Gasteiger partial charge in [0.15, 0.2) is 0 Å². The van der Waals surface area contributed by atoms with Crippen LogP contribution in [-0.2, 0) is 13.0 Å². The highest BCUT2D eigenvalue weighted by Gasteiger charge is 2.10. The minimum atomic E-state index is -0.234. The van der Waals surface area contributed by atoms with E-state index in [0.717, 1.165) is 34.1 Å². The highest BCUT2D eigenvalue weighted by atomic mass is 16.5. The van der Waals surface area contributed by atoms with Crippen molar-refractivity contribution in [1.82, 2.24) is 15.8 Å². The minimum Gasteiger partial charge on any atom is -0.497 e. The summed E-state index contributed by atoms with van der Waals surface area (Å²) in [4.78, 5) is 11.9. The Labute approximate surface area is 141 Å². The zero-order chi connectivity index (χ0) is 17.5. The van der Waals surface area contributed by atoms with E-state index in [1.54, 1.807) is 14.2 Å². The van der Waals surface area contributed by atoms with Gasteiger partial charge in [-0.2, -0.15) is 0 Å². The minimum absolute atomic E-state index is 0.234. The van der Waals surface area contributed by atoms with E-state index in [-0.39, 0.29) is 6.03 Å². The number of rotatable bonds is 7. The lowest BCUT2D eigenvalue weighted by Crippen LogP contribution is -2.36. The maximum absolute atomic E-state index is 11.9. The summed E-state index contributed by atoms with van der Waals surface area (Å²) < 4.78 is 15.6. The molecule has 2 N–H and O–H groups in total. The van der Waals surface area contributed by atoms with Crippen LogP contribution in [0.4, 0.5) is 4.79 Å². The lowest BCUT2D eigenvalue weighted by molar-refractivity contribution is 0.240. The summed E-state index contributed by atoms with van der Waals surface area (Å²) in [5, 5.41) is 9.48. The number of carbonyl (C=O) groups is 1. The molecular formula is C17H23N3O4. The predicted octanol–water partition coefficient (Wildman–Crippen LogP) is 2.35. The third kappa shape index (κ3) is 4.41. The standard InChI is InChI=1S/C17H23N3O4/c1-11-15(12(2)24-20-11)10-19-17(21)18-8-7-13-5-6-14(22-3)9-16(13)23-4/h5-6,9H,7-8,10H2,1-4H3,(H2,18,19,21). The number of aromatic nitrogens is 1. The summed E-state index contributed by atoms with van der Waals surface area (Å²) in [5.41, 5.74) is 2.70. The Morgan fingerprint density at radius 1 is 1.21 bits per heavy atom. The molecule has 7 nitrogen and oxygen atoms in total.